The lowest BCUT2D eigenvalue weighted by atomic mass is 10.2. The molecule has 0 saturated carbocycles. The summed E-state index contributed by atoms with van der Waals surface area (Å²) in [6.45, 7) is 3.93. The van der Waals surface area contributed by atoms with Crippen molar-refractivity contribution in [2.24, 2.45) is 0 Å². The monoisotopic (exact) mass is 338 g/mol. The summed E-state index contributed by atoms with van der Waals surface area (Å²) in [5.74, 6) is 0.0398. The highest BCUT2D eigenvalue weighted by Gasteiger charge is 2.12. The Morgan fingerprint density at radius 3 is 2.82 bits per heavy atom. The molecule has 1 aromatic heterocycles. The summed E-state index contributed by atoms with van der Waals surface area (Å²) >= 11 is 12.1. The van der Waals surface area contributed by atoms with Crippen LogP contribution in [0.25, 0.3) is 0 Å². The number of hydrogen-bond donors (Lipinski definition) is 2. The zero-order chi connectivity index (χ0) is 16.1. The van der Waals surface area contributed by atoms with E-state index in [9.17, 15) is 4.79 Å². The molecule has 2 rings (SSSR count). The maximum atomic E-state index is 12.1. The van der Waals surface area contributed by atoms with Gasteiger partial charge >= 0.3 is 0 Å². The normalized spacial score (nSPS) is 11.8. The fourth-order valence-electron chi connectivity index (χ4n) is 1.67. The van der Waals surface area contributed by atoms with E-state index in [4.69, 9.17) is 23.2 Å². The van der Waals surface area contributed by atoms with Crippen molar-refractivity contribution in [3.63, 3.8) is 0 Å². The average Bonchev–Trinajstić information content (AvgIpc) is 2.52. The molecule has 2 aromatic rings. The van der Waals surface area contributed by atoms with Gasteiger partial charge in [-0.3, -0.25) is 4.79 Å². The molecule has 1 heterocycles. The number of anilines is 2. The van der Waals surface area contributed by atoms with Crippen molar-refractivity contribution >= 4 is 40.7 Å². The predicted molar refractivity (Wildman–Crippen MR) is 89.0 cm³/mol. The molecule has 0 bridgehead atoms. The molecule has 0 saturated heterocycles. The van der Waals surface area contributed by atoms with Crippen molar-refractivity contribution in [3.8, 4) is 0 Å². The summed E-state index contributed by atoms with van der Waals surface area (Å²) in [6.07, 6.45) is 2.36. The van der Waals surface area contributed by atoms with Crippen LogP contribution in [0.4, 0.5) is 11.6 Å². The van der Waals surface area contributed by atoms with Gasteiger partial charge in [-0.25, -0.2) is 9.97 Å². The smallest absolute Gasteiger partial charge is 0.270 e. The van der Waals surface area contributed by atoms with Crippen molar-refractivity contribution in [2.75, 3.05) is 5.32 Å². The Morgan fingerprint density at radius 2 is 2.09 bits per heavy atom. The highest BCUT2D eigenvalue weighted by molar-refractivity contribution is 6.43. The summed E-state index contributed by atoms with van der Waals surface area (Å²) in [5, 5.41) is 6.62. The molecular weight excluding hydrogens is 323 g/mol. The number of nitrogens with one attached hydrogen (secondary N) is 2. The van der Waals surface area contributed by atoms with E-state index in [-0.39, 0.29) is 23.6 Å². The quantitative estimate of drug-likeness (QED) is 0.862. The number of rotatable bonds is 5. The van der Waals surface area contributed by atoms with E-state index in [2.05, 4.69) is 20.6 Å². The van der Waals surface area contributed by atoms with Gasteiger partial charge in [0, 0.05) is 12.2 Å². The molecular formula is C15H16Cl2N4O. The summed E-state index contributed by atoms with van der Waals surface area (Å²) in [7, 11) is 0. The van der Waals surface area contributed by atoms with Crippen LogP contribution in [0.15, 0.2) is 30.5 Å². The molecule has 0 aliphatic rings. The van der Waals surface area contributed by atoms with Crippen molar-refractivity contribution in [1.82, 2.24) is 15.3 Å². The minimum atomic E-state index is -0.239. The second kappa shape index (κ2) is 7.42. The zero-order valence-electron chi connectivity index (χ0n) is 12.2. The van der Waals surface area contributed by atoms with Gasteiger partial charge in [0.05, 0.1) is 15.7 Å². The molecule has 2 N–H and O–H groups in total. The fraction of sp³-hybridized carbons (Fsp3) is 0.267. The van der Waals surface area contributed by atoms with Gasteiger partial charge in [-0.1, -0.05) is 36.2 Å². The van der Waals surface area contributed by atoms with E-state index in [0.717, 1.165) is 6.42 Å². The first kappa shape index (κ1) is 16.5. The third-order valence-electron chi connectivity index (χ3n) is 3.08. The second-order valence-electron chi connectivity index (χ2n) is 4.77. The van der Waals surface area contributed by atoms with Crippen LogP contribution >= 0.6 is 23.2 Å². The zero-order valence-corrected chi connectivity index (χ0v) is 13.7. The molecule has 1 atom stereocenters. The summed E-state index contributed by atoms with van der Waals surface area (Å²) in [4.78, 5) is 20.3. The lowest BCUT2D eigenvalue weighted by Crippen LogP contribution is -2.32. The van der Waals surface area contributed by atoms with Crippen LogP contribution in [-0.4, -0.2) is 21.9 Å². The van der Waals surface area contributed by atoms with Crippen LogP contribution in [0.1, 0.15) is 30.8 Å². The molecule has 1 aromatic carbocycles. The summed E-state index contributed by atoms with van der Waals surface area (Å²) in [5.41, 5.74) is 0.865. The van der Waals surface area contributed by atoms with Gasteiger partial charge in [0.15, 0.2) is 0 Å². The molecule has 0 fully saturated rings. The van der Waals surface area contributed by atoms with E-state index in [1.165, 1.54) is 6.20 Å². The minimum absolute atomic E-state index is 0.0845. The van der Waals surface area contributed by atoms with Gasteiger partial charge in [-0.15, -0.1) is 0 Å². The minimum Gasteiger partial charge on any atom is -0.348 e. The first-order valence-corrected chi connectivity index (χ1v) is 7.61. The molecule has 1 unspecified atom stereocenters. The Kier molecular flexibility index (Phi) is 5.57. The predicted octanol–water partition coefficient (Wildman–Crippen LogP) is 4.06. The summed E-state index contributed by atoms with van der Waals surface area (Å²) < 4.78 is 0. The molecule has 1 amide bonds. The number of nitrogens with zero attached hydrogens (tertiary/aromatic N) is 2. The van der Waals surface area contributed by atoms with Crippen LogP contribution < -0.4 is 10.6 Å². The molecule has 0 aliphatic heterocycles. The Labute approximate surface area is 139 Å². The van der Waals surface area contributed by atoms with Gasteiger partial charge in [0.1, 0.15) is 5.69 Å². The average molecular weight is 339 g/mol. The standard InChI is InChI=1S/C15H16Cl2N4O/c1-3-9(2)19-14(22)12-7-8-18-15(21-12)20-11-6-4-5-10(16)13(11)17/h4-9H,3H2,1-2H3,(H,19,22)(H,18,20,21). The number of benzene rings is 1. The largest absolute Gasteiger partial charge is 0.348 e. The van der Waals surface area contributed by atoms with Gasteiger partial charge in [0.2, 0.25) is 5.95 Å². The van der Waals surface area contributed by atoms with Crippen molar-refractivity contribution in [3.05, 3.63) is 46.2 Å². The van der Waals surface area contributed by atoms with E-state index in [1.807, 2.05) is 13.8 Å². The lowest BCUT2D eigenvalue weighted by Gasteiger charge is -2.12. The van der Waals surface area contributed by atoms with E-state index >= 15 is 0 Å². The van der Waals surface area contributed by atoms with Gasteiger partial charge < -0.3 is 10.6 Å². The Morgan fingerprint density at radius 1 is 1.32 bits per heavy atom. The molecule has 0 aliphatic carbocycles. The summed E-state index contributed by atoms with van der Waals surface area (Å²) in [6, 6.07) is 6.84. The SMILES string of the molecule is CCC(C)NC(=O)c1ccnc(Nc2cccc(Cl)c2Cl)n1. The molecule has 0 radical (unpaired) electrons. The van der Waals surface area contributed by atoms with Crippen molar-refractivity contribution < 1.29 is 4.79 Å². The number of halogens is 2. The highest BCUT2D eigenvalue weighted by Crippen LogP contribution is 2.30. The third-order valence-corrected chi connectivity index (χ3v) is 3.90. The van der Waals surface area contributed by atoms with E-state index < -0.39 is 0 Å². The second-order valence-corrected chi connectivity index (χ2v) is 5.56. The van der Waals surface area contributed by atoms with Gasteiger partial charge in [-0.2, -0.15) is 0 Å². The lowest BCUT2D eigenvalue weighted by molar-refractivity contribution is 0.0934. The van der Waals surface area contributed by atoms with Crippen LogP contribution in [-0.2, 0) is 0 Å². The Balaban J connectivity index is 2.18. The first-order chi connectivity index (χ1) is 10.5. The van der Waals surface area contributed by atoms with Crippen molar-refractivity contribution in [1.29, 1.82) is 0 Å². The van der Waals surface area contributed by atoms with Crippen LogP contribution in [0.5, 0.6) is 0 Å². The Hall–Kier alpha value is -1.85. The highest BCUT2D eigenvalue weighted by atomic mass is 35.5. The van der Waals surface area contributed by atoms with Gasteiger partial charge in [-0.05, 0) is 31.5 Å². The topological polar surface area (TPSA) is 66.9 Å². The number of carbonyl (C=O) groups excluding carboxylic acids is 1. The van der Waals surface area contributed by atoms with Gasteiger partial charge in [0.25, 0.3) is 5.91 Å². The molecule has 22 heavy (non-hydrogen) atoms. The van der Waals surface area contributed by atoms with Crippen molar-refractivity contribution in [2.45, 2.75) is 26.3 Å². The van der Waals surface area contributed by atoms with Crippen LogP contribution in [0.3, 0.4) is 0 Å². The van der Waals surface area contributed by atoms with E-state index in [1.54, 1.807) is 24.3 Å². The van der Waals surface area contributed by atoms with Crippen LogP contribution in [0.2, 0.25) is 10.0 Å². The molecule has 7 heteroatoms. The van der Waals surface area contributed by atoms with E-state index in [0.29, 0.717) is 15.7 Å². The maximum Gasteiger partial charge on any atom is 0.270 e. The number of carbonyl (C=O) groups is 1. The fourth-order valence-corrected chi connectivity index (χ4v) is 2.01. The Bertz CT molecular complexity index is 678. The number of hydrogen-bond acceptors (Lipinski definition) is 4. The molecule has 0 spiro atoms. The molecule has 116 valence electrons. The van der Waals surface area contributed by atoms with Crippen LogP contribution in [0, 0.1) is 0 Å². The number of aromatic nitrogens is 2. The first-order valence-electron chi connectivity index (χ1n) is 6.86. The third kappa shape index (κ3) is 4.08. The number of amides is 1. The maximum absolute atomic E-state index is 12.1. The molecule has 5 nitrogen and oxygen atoms in total.